The number of nitrogens with zero attached hydrogens (tertiary/aromatic N) is 1. The molecule has 0 saturated heterocycles. The van der Waals surface area contributed by atoms with Crippen molar-refractivity contribution in [3.05, 3.63) is 15.6 Å². The highest BCUT2D eigenvalue weighted by Crippen LogP contribution is 2.48. The number of rotatable bonds is 4. The van der Waals surface area contributed by atoms with Crippen molar-refractivity contribution in [1.82, 2.24) is 4.98 Å². The molecular weight excluding hydrogens is 286 g/mol. The number of hydrogen-bond donors (Lipinski definition) is 0. The summed E-state index contributed by atoms with van der Waals surface area (Å²) in [7, 11) is 1.75. The molecule has 0 aromatic carbocycles. The normalized spacial score (nSPS) is 20.2. The summed E-state index contributed by atoms with van der Waals surface area (Å²) >= 11 is 1.56. The molecule has 0 unspecified atom stereocenters. The molecule has 1 aliphatic rings. The van der Waals surface area contributed by atoms with E-state index in [4.69, 9.17) is 9.47 Å². The largest absolute Gasteiger partial charge is 0.461 e. The molecule has 1 aromatic rings. The third-order valence-electron chi connectivity index (χ3n) is 4.46. The first kappa shape index (κ1) is 16.4. The standard InChI is InChI=1S/C16H25NO3S/c1-6-20-13(18)12-11(2)21-14(17-12)16(19-5)9-7-15(3,4)8-10-16/h6-10H2,1-5H3. The number of carbonyl (C=O) groups excluding carboxylic acids is 1. The number of carbonyl (C=O) groups is 1. The maximum atomic E-state index is 11.9. The van der Waals surface area contributed by atoms with E-state index in [1.54, 1.807) is 25.4 Å². The molecule has 4 nitrogen and oxygen atoms in total. The van der Waals surface area contributed by atoms with Gasteiger partial charge >= 0.3 is 5.97 Å². The smallest absolute Gasteiger partial charge is 0.358 e. The fraction of sp³-hybridized carbons (Fsp3) is 0.750. The first-order valence-electron chi connectivity index (χ1n) is 7.54. The lowest BCUT2D eigenvalue weighted by molar-refractivity contribution is -0.0668. The summed E-state index contributed by atoms with van der Waals surface area (Å²) < 4.78 is 10.9. The molecule has 0 amide bonds. The highest BCUT2D eigenvalue weighted by Gasteiger charge is 2.42. The van der Waals surface area contributed by atoms with Crippen molar-refractivity contribution < 1.29 is 14.3 Å². The fourth-order valence-corrected chi connectivity index (χ4v) is 3.94. The van der Waals surface area contributed by atoms with Gasteiger partial charge in [-0.1, -0.05) is 13.8 Å². The predicted octanol–water partition coefficient (Wildman–Crippen LogP) is 4.07. The number of aromatic nitrogens is 1. The van der Waals surface area contributed by atoms with Crippen molar-refractivity contribution in [1.29, 1.82) is 0 Å². The average Bonchev–Trinajstić information content (AvgIpc) is 2.82. The topological polar surface area (TPSA) is 48.4 Å². The van der Waals surface area contributed by atoms with E-state index in [2.05, 4.69) is 18.8 Å². The second-order valence-corrected chi connectivity index (χ2v) is 7.71. The molecule has 0 atom stereocenters. The van der Waals surface area contributed by atoms with Gasteiger partial charge in [0.25, 0.3) is 0 Å². The Hall–Kier alpha value is -0.940. The van der Waals surface area contributed by atoms with Crippen molar-refractivity contribution in [2.45, 2.75) is 59.0 Å². The van der Waals surface area contributed by atoms with E-state index in [1.807, 2.05) is 6.92 Å². The number of aryl methyl sites for hydroxylation is 1. The summed E-state index contributed by atoms with van der Waals surface area (Å²) in [4.78, 5) is 17.4. The molecule has 2 rings (SSSR count). The van der Waals surface area contributed by atoms with E-state index >= 15 is 0 Å². The van der Waals surface area contributed by atoms with Crippen LogP contribution in [0.2, 0.25) is 0 Å². The second kappa shape index (κ2) is 6.05. The van der Waals surface area contributed by atoms with E-state index < -0.39 is 0 Å². The van der Waals surface area contributed by atoms with E-state index in [9.17, 15) is 4.79 Å². The van der Waals surface area contributed by atoms with Gasteiger partial charge in [0.2, 0.25) is 0 Å². The van der Waals surface area contributed by atoms with Crippen molar-refractivity contribution in [2.24, 2.45) is 5.41 Å². The summed E-state index contributed by atoms with van der Waals surface area (Å²) in [5.41, 5.74) is 0.465. The van der Waals surface area contributed by atoms with Crippen LogP contribution in [0.25, 0.3) is 0 Å². The Morgan fingerprint density at radius 2 is 1.90 bits per heavy atom. The van der Waals surface area contributed by atoms with Gasteiger partial charge in [-0.15, -0.1) is 11.3 Å². The Morgan fingerprint density at radius 1 is 1.29 bits per heavy atom. The monoisotopic (exact) mass is 311 g/mol. The molecule has 1 aromatic heterocycles. The van der Waals surface area contributed by atoms with Crippen LogP contribution in [-0.2, 0) is 15.1 Å². The van der Waals surface area contributed by atoms with Crippen LogP contribution in [0.5, 0.6) is 0 Å². The van der Waals surface area contributed by atoms with Crippen LogP contribution < -0.4 is 0 Å². The minimum atomic E-state index is -0.338. The Kier molecular flexibility index (Phi) is 4.73. The minimum absolute atomic E-state index is 0.333. The minimum Gasteiger partial charge on any atom is -0.461 e. The lowest BCUT2D eigenvalue weighted by Gasteiger charge is -2.41. The SMILES string of the molecule is CCOC(=O)c1nc(C2(OC)CCC(C)(C)CC2)sc1C. The lowest BCUT2D eigenvalue weighted by Crippen LogP contribution is -2.36. The molecular formula is C16H25NO3S. The summed E-state index contributed by atoms with van der Waals surface area (Å²) in [6, 6.07) is 0. The van der Waals surface area contributed by atoms with Gasteiger partial charge in [-0.05, 0) is 44.9 Å². The maximum absolute atomic E-state index is 11.9. The lowest BCUT2D eigenvalue weighted by atomic mass is 9.71. The molecule has 1 aliphatic carbocycles. The Labute approximate surface area is 130 Å². The zero-order valence-electron chi connectivity index (χ0n) is 13.6. The van der Waals surface area contributed by atoms with Gasteiger partial charge < -0.3 is 9.47 Å². The summed E-state index contributed by atoms with van der Waals surface area (Å²) in [5, 5.41) is 0.918. The van der Waals surface area contributed by atoms with Gasteiger partial charge in [0, 0.05) is 12.0 Å². The molecule has 0 aliphatic heterocycles. The highest BCUT2D eigenvalue weighted by atomic mass is 32.1. The predicted molar refractivity (Wildman–Crippen MR) is 83.7 cm³/mol. The number of methoxy groups -OCH3 is 1. The maximum Gasteiger partial charge on any atom is 0.358 e. The van der Waals surface area contributed by atoms with Gasteiger partial charge in [-0.3, -0.25) is 0 Å². The Morgan fingerprint density at radius 3 is 2.43 bits per heavy atom. The second-order valence-electron chi connectivity index (χ2n) is 6.51. The van der Waals surface area contributed by atoms with Gasteiger partial charge in [0.15, 0.2) is 5.69 Å². The molecule has 0 N–H and O–H groups in total. The molecule has 0 radical (unpaired) electrons. The third-order valence-corrected chi connectivity index (χ3v) is 5.61. The van der Waals surface area contributed by atoms with Crippen molar-refractivity contribution in [3.8, 4) is 0 Å². The number of ether oxygens (including phenoxy) is 2. The summed E-state index contributed by atoms with van der Waals surface area (Å²) in [6.45, 7) is 8.69. The van der Waals surface area contributed by atoms with Crippen LogP contribution in [0.3, 0.4) is 0 Å². The van der Waals surface area contributed by atoms with Crippen LogP contribution in [-0.4, -0.2) is 24.7 Å². The zero-order valence-corrected chi connectivity index (χ0v) is 14.4. The molecule has 0 spiro atoms. The van der Waals surface area contributed by atoms with Gasteiger partial charge in [-0.2, -0.15) is 0 Å². The van der Waals surface area contributed by atoms with Crippen molar-refractivity contribution >= 4 is 17.3 Å². The van der Waals surface area contributed by atoms with Crippen LogP contribution in [0.4, 0.5) is 0 Å². The molecule has 0 bridgehead atoms. The van der Waals surface area contributed by atoms with Crippen LogP contribution in [0.15, 0.2) is 0 Å². The molecule has 1 saturated carbocycles. The van der Waals surface area contributed by atoms with Gasteiger partial charge in [0.05, 0.1) is 6.61 Å². The van der Waals surface area contributed by atoms with Gasteiger partial charge in [-0.25, -0.2) is 9.78 Å². The number of esters is 1. The van der Waals surface area contributed by atoms with E-state index in [0.29, 0.717) is 17.7 Å². The average molecular weight is 311 g/mol. The molecule has 1 heterocycles. The van der Waals surface area contributed by atoms with E-state index in [1.165, 1.54) is 0 Å². The summed E-state index contributed by atoms with van der Waals surface area (Å²) in [5.74, 6) is -0.333. The highest BCUT2D eigenvalue weighted by molar-refractivity contribution is 7.12. The van der Waals surface area contributed by atoms with E-state index in [-0.39, 0.29) is 11.6 Å². The Bertz CT molecular complexity index is 512. The first-order chi connectivity index (χ1) is 9.83. The molecule has 1 fully saturated rings. The quantitative estimate of drug-likeness (QED) is 0.786. The number of hydrogen-bond acceptors (Lipinski definition) is 5. The van der Waals surface area contributed by atoms with E-state index in [0.717, 1.165) is 35.6 Å². The zero-order chi connectivity index (χ0) is 15.7. The van der Waals surface area contributed by atoms with Crippen molar-refractivity contribution in [3.63, 3.8) is 0 Å². The third kappa shape index (κ3) is 3.29. The van der Waals surface area contributed by atoms with Crippen molar-refractivity contribution in [2.75, 3.05) is 13.7 Å². The Balaban J connectivity index is 2.28. The fourth-order valence-electron chi connectivity index (χ4n) is 2.82. The molecule has 118 valence electrons. The van der Waals surface area contributed by atoms with Gasteiger partial charge in [0.1, 0.15) is 10.6 Å². The number of thiazole rings is 1. The molecule has 21 heavy (non-hydrogen) atoms. The first-order valence-corrected chi connectivity index (χ1v) is 8.35. The van der Waals surface area contributed by atoms with Crippen LogP contribution >= 0.6 is 11.3 Å². The summed E-state index contributed by atoms with van der Waals surface area (Å²) in [6.07, 6.45) is 4.11. The van der Waals surface area contributed by atoms with Crippen LogP contribution in [0.1, 0.15) is 66.8 Å². The molecule has 5 heteroatoms. The van der Waals surface area contributed by atoms with Crippen LogP contribution in [0, 0.1) is 12.3 Å².